The van der Waals surface area contributed by atoms with E-state index in [1.54, 1.807) is 0 Å². The standard InChI is InChI=1S/C15H21NO2/c1-3-18-14-8-6-13(7-9-14)15(17)11-16(2)10-12-4-5-12/h6-9,12H,3-5,10-11H2,1-2H3. The summed E-state index contributed by atoms with van der Waals surface area (Å²) in [7, 11) is 2.02. The van der Waals surface area contributed by atoms with Gasteiger partial charge in [-0.1, -0.05) is 0 Å². The molecule has 1 aromatic carbocycles. The van der Waals surface area contributed by atoms with Crippen molar-refractivity contribution in [3.63, 3.8) is 0 Å². The van der Waals surface area contributed by atoms with Gasteiger partial charge in [0.15, 0.2) is 5.78 Å². The Morgan fingerprint density at radius 2 is 2.00 bits per heavy atom. The molecule has 0 bridgehead atoms. The highest BCUT2D eigenvalue weighted by Crippen LogP contribution is 2.29. The molecule has 1 aliphatic carbocycles. The summed E-state index contributed by atoms with van der Waals surface area (Å²) in [6.07, 6.45) is 2.64. The quantitative estimate of drug-likeness (QED) is 0.694. The van der Waals surface area contributed by atoms with Gasteiger partial charge in [-0.05, 0) is 57.0 Å². The Balaban J connectivity index is 1.86. The second-order valence-corrected chi connectivity index (χ2v) is 5.02. The monoisotopic (exact) mass is 247 g/mol. The topological polar surface area (TPSA) is 29.5 Å². The summed E-state index contributed by atoms with van der Waals surface area (Å²) >= 11 is 0. The van der Waals surface area contributed by atoms with E-state index in [-0.39, 0.29) is 5.78 Å². The van der Waals surface area contributed by atoms with Crippen molar-refractivity contribution in [3.8, 4) is 5.75 Å². The summed E-state index contributed by atoms with van der Waals surface area (Å²) in [6, 6.07) is 7.41. The Labute approximate surface area is 109 Å². The van der Waals surface area contributed by atoms with Gasteiger partial charge in [0, 0.05) is 12.1 Å². The molecule has 18 heavy (non-hydrogen) atoms. The molecular formula is C15H21NO2. The molecule has 0 N–H and O–H groups in total. The molecule has 0 radical (unpaired) electrons. The van der Waals surface area contributed by atoms with E-state index in [9.17, 15) is 4.79 Å². The molecule has 98 valence electrons. The van der Waals surface area contributed by atoms with E-state index >= 15 is 0 Å². The number of ketones is 1. The third-order valence-electron chi connectivity index (χ3n) is 3.17. The third kappa shape index (κ3) is 3.84. The fourth-order valence-electron chi connectivity index (χ4n) is 2.05. The highest BCUT2D eigenvalue weighted by atomic mass is 16.5. The number of rotatable bonds is 7. The van der Waals surface area contributed by atoms with Gasteiger partial charge in [0.1, 0.15) is 5.75 Å². The molecular weight excluding hydrogens is 226 g/mol. The molecule has 0 heterocycles. The van der Waals surface area contributed by atoms with E-state index in [1.165, 1.54) is 12.8 Å². The summed E-state index contributed by atoms with van der Waals surface area (Å²) in [5, 5.41) is 0. The van der Waals surface area contributed by atoms with Gasteiger partial charge in [-0.25, -0.2) is 0 Å². The summed E-state index contributed by atoms with van der Waals surface area (Å²) in [6.45, 7) is 4.15. The van der Waals surface area contributed by atoms with Crippen molar-refractivity contribution in [2.24, 2.45) is 5.92 Å². The van der Waals surface area contributed by atoms with Crippen molar-refractivity contribution in [1.29, 1.82) is 0 Å². The number of benzene rings is 1. The van der Waals surface area contributed by atoms with Gasteiger partial charge in [-0.2, -0.15) is 0 Å². The molecule has 3 nitrogen and oxygen atoms in total. The molecule has 1 fully saturated rings. The van der Waals surface area contributed by atoms with Crippen LogP contribution in [0.1, 0.15) is 30.1 Å². The lowest BCUT2D eigenvalue weighted by atomic mass is 10.1. The molecule has 0 spiro atoms. The van der Waals surface area contributed by atoms with Crippen LogP contribution in [0.15, 0.2) is 24.3 Å². The van der Waals surface area contributed by atoms with Gasteiger partial charge in [0.2, 0.25) is 0 Å². The number of carbonyl (C=O) groups excluding carboxylic acids is 1. The molecule has 0 amide bonds. The van der Waals surface area contributed by atoms with Gasteiger partial charge in [-0.3, -0.25) is 9.69 Å². The van der Waals surface area contributed by atoms with Gasteiger partial charge in [-0.15, -0.1) is 0 Å². The Kier molecular flexibility index (Phi) is 4.37. The first-order valence-corrected chi connectivity index (χ1v) is 6.63. The molecule has 0 aromatic heterocycles. The number of hydrogen-bond acceptors (Lipinski definition) is 3. The van der Waals surface area contributed by atoms with Crippen molar-refractivity contribution in [2.45, 2.75) is 19.8 Å². The van der Waals surface area contributed by atoms with Gasteiger partial charge in [0.25, 0.3) is 0 Å². The smallest absolute Gasteiger partial charge is 0.176 e. The minimum atomic E-state index is 0.182. The SMILES string of the molecule is CCOc1ccc(C(=O)CN(C)CC2CC2)cc1. The molecule has 1 aromatic rings. The van der Waals surface area contributed by atoms with E-state index in [4.69, 9.17) is 4.74 Å². The average Bonchev–Trinajstić information content (AvgIpc) is 3.14. The van der Waals surface area contributed by atoms with Crippen LogP contribution < -0.4 is 4.74 Å². The van der Waals surface area contributed by atoms with Crippen LogP contribution >= 0.6 is 0 Å². The minimum Gasteiger partial charge on any atom is -0.494 e. The Hall–Kier alpha value is -1.35. The van der Waals surface area contributed by atoms with E-state index in [1.807, 2.05) is 38.2 Å². The fourth-order valence-corrected chi connectivity index (χ4v) is 2.05. The summed E-state index contributed by atoms with van der Waals surface area (Å²) in [5.74, 6) is 1.82. The van der Waals surface area contributed by atoms with Crippen LogP contribution in [-0.2, 0) is 0 Å². The predicted octanol–water partition coefficient (Wildman–Crippen LogP) is 2.61. The summed E-state index contributed by atoms with van der Waals surface area (Å²) < 4.78 is 5.36. The van der Waals surface area contributed by atoms with Crippen LogP contribution in [-0.4, -0.2) is 37.4 Å². The van der Waals surface area contributed by atoms with Crippen LogP contribution in [0.25, 0.3) is 0 Å². The number of Topliss-reactive ketones (excluding diaryl/α,β-unsaturated/α-hetero) is 1. The van der Waals surface area contributed by atoms with E-state index in [0.29, 0.717) is 13.2 Å². The largest absolute Gasteiger partial charge is 0.494 e. The number of likely N-dealkylation sites (N-methyl/N-ethyl adjacent to an activating group) is 1. The molecule has 1 aliphatic rings. The predicted molar refractivity (Wildman–Crippen MR) is 72.2 cm³/mol. The van der Waals surface area contributed by atoms with Crippen molar-refractivity contribution < 1.29 is 9.53 Å². The zero-order chi connectivity index (χ0) is 13.0. The first kappa shape index (κ1) is 13.1. The van der Waals surface area contributed by atoms with Crippen LogP contribution in [0.4, 0.5) is 0 Å². The zero-order valence-corrected chi connectivity index (χ0v) is 11.2. The number of nitrogens with zero attached hydrogens (tertiary/aromatic N) is 1. The highest BCUT2D eigenvalue weighted by Gasteiger charge is 2.23. The molecule has 1 saturated carbocycles. The lowest BCUT2D eigenvalue weighted by molar-refractivity contribution is 0.0944. The third-order valence-corrected chi connectivity index (χ3v) is 3.17. The maximum absolute atomic E-state index is 12.0. The second-order valence-electron chi connectivity index (χ2n) is 5.02. The van der Waals surface area contributed by atoms with Crippen molar-refractivity contribution in [2.75, 3.05) is 26.7 Å². The normalized spacial score (nSPS) is 14.8. The van der Waals surface area contributed by atoms with Gasteiger partial charge in [0.05, 0.1) is 13.2 Å². The maximum Gasteiger partial charge on any atom is 0.176 e. The minimum absolute atomic E-state index is 0.182. The first-order valence-electron chi connectivity index (χ1n) is 6.63. The lowest BCUT2D eigenvalue weighted by Crippen LogP contribution is -2.27. The van der Waals surface area contributed by atoms with Crippen LogP contribution in [0.2, 0.25) is 0 Å². The molecule has 0 saturated heterocycles. The first-order chi connectivity index (χ1) is 8.69. The van der Waals surface area contributed by atoms with Crippen molar-refractivity contribution in [1.82, 2.24) is 4.90 Å². The average molecular weight is 247 g/mol. The lowest BCUT2D eigenvalue weighted by Gasteiger charge is -2.15. The molecule has 0 atom stereocenters. The van der Waals surface area contributed by atoms with E-state index in [2.05, 4.69) is 4.90 Å². The molecule has 0 unspecified atom stereocenters. The van der Waals surface area contributed by atoms with Crippen LogP contribution in [0.3, 0.4) is 0 Å². The fraction of sp³-hybridized carbons (Fsp3) is 0.533. The Morgan fingerprint density at radius 3 is 2.56 bits per heavy atom. The zero-order valence-electron chi connectivity index (χ0n) is 11.2. The van der Waals surface area contributed by atoms with E-state index < -0.39 is 0 Å². The molecule has 3 heteroatoms. The molecule has 0 aliphatic heterocycles. The van der Waals surface area contributed by atoms with Crippen LogP contribution in [0, 0.1) is 5.92 Å². The van der Waals surface area contributed by atoms with Crippen LogP contribution in [0.5, 0.6) is 5.75 Å². The Bertz CT molecular complexity index is 395. The van der Waals surface area contributed by atoms with E-state index in [0.717, 1.165) is 23.8 Å². The van der Waals surface area contributed by atoms with Gasteiger partial charge >= 0.3 is 0 Å². The van der Waals surface area contributed by atoms with Gasteiger partial charge < -0.3 is 4.74 Å². The maximum atomic E-state index is 12.0. The number of hydrogen-bond donors (Lipinski definition) is 0. The Morgan fingerprint density at radius 1 is 1.33 bits per heavy atom. The summed E-state index contributed by atoms with van der Waals surface area (Å²) in [4.78, 5) is 14.2. The van der Waals surface area contributed by atoms with Crippen molar-refractivity contribution >= 4 is 5.78 Å². The number of carbonyl (C=O) groups is 1. The number of ether oxygens (including phenoxy) is 1. The summed E-state index contributed by atoms with van der Waals surface area (Å²) in [5.41, 5.74) is 0.765. The molecule has 2 rings (SSSR count). The highest BCUT2D eigenvalue weighted by molar-refractivity contribution is 5.97. The second kappa shape index (κ2) is 6.01. The van der Waals surface area contributed by atoms with Crippen molar-refractivity contribution in [3.05, 3.63) is 29.8 Å².